The van der Waals surface area contributed by atoms with Crippen LogP contribution in [0.1, 0.15) is 85.3 Å². The molecule has 27 heavy (non-hydrogen) atoms. The molecule has 1 fully saturated rings. The number of amides is 1. The maximum absolute atomic E-state index is 13.0. The zero-order valence-corrected chi connectivity index (χ0v) is 18.0. The zero-order chi connectivity index (χ0) is 20.0. The maximum atomic E-state index is 13.0. The predicted molar refractivity (Wildman–Crippen MR) is 111 cm³/mol. The third-order valence-electron chi connectivity index (χ3n) is 4.99. The molecule has 1 saturated heterocycles. The highest BCUT2D eigenvalue weighted by Gasteiger charge is 2.32. The summed E-state index contributed by atoms with van der Waals surface area (Å²) < 4.78 is 5.70. The van der Waals surface area contributed by atoms with Gasteiger partial charge in [0.1, 0.15) is 11.4 Å². The molecule has 2 rings (SSSR count). The fraction of sp³-hybridized carbons (Fsp3) is 0.727. The summed E-state index contributed by atoms with van der Waals surface area (Å²) in [7, 11) is 0. The quantitative estimate of drug-likeness (QED) is 0.653. The van der Waals surface area contributed by atoms with Crippen LogP contribution in [0.2, 0.25) is 0 Å². The first-order chi connectivity index (χ1) is 12.7. The summed E-state index contributed by atoms with van der Waals surface area (Å²) in [6.45, 7) is 14.1. The Morgan fingerprint density at radius 1 is 1.37 bits per heavy atom. The zero-order valence-electron chi connectivity index (χ0n) is 18.0. The minimum absolute atomic E-state index is 0.300. The second kappa shape index (κ2) is 9.54. The van der Waals surface area contributed by atoms with Crippen molar-refractivity contribution < 1.29 is 9.53 Å². The molecule has 1 aromatic heterocycles. The van der Waals surface area contributed by atoms with E-state index in [2.05, 4.69) is 36.7 Å². The summed E-state index contributed by atoms with van der Waals surface area (Å²) in [6.07, 6.45) is 6.97. The molecule has 1 aliphatic heterocycles. The lowest BCUT2D eigenvalue weighted by molar-refractivity contribution is 0.0577. The number of nitrogens with zero attached hydrogens (tertiary/aromatic N) is 3. The molecule has 2 heterocycles. The highest BCUT2D eigenvalue weighted by molar-refractivity contribution is 5.87. The fourth-order valence-corrected chi connectivity index (χ4v) is 3.72. The summed E-state index contributed by atoms with van der Waals surface area (Å²) >= 11 is 0. The lowest BCUT2D eigenvalue weighted by atomic mass is 9.94. The molecule has 1 aromatic rings. The lowest BCUT2D eigenvalue weighted by Crippen LogP contribution is -2.41. The van der Waals surface area contributed by atoms with Gasteiger partial charge in [-0.15, -0.1) is 0 Å². The van der Waals surface area contributed by atoms with E-state index >= 15 is 0 Å². The van der Waals surface area contributed by atoms with Gasteiger partial charge in [-0.05, 0) is 66.5 Å². The number of hydrogen-bond donors (Lipinski definition) is 0. The number of ether oxygens (including phenoxy) is 1. The van der Waals surface area contributed by atoms with Crippen LogP contribution in [0.5, 0.6) is 0 Å². The molecule has 0 spiro atoms. The van der Waals surface area contributed by atoms with E-state index < -0.39 is 5.60 Å². The second-order valence-corrected chi connectivity index (χ2v) is 8.74. The van der Waals surface area contributed by atoms with Crippen molar-refractivity contribution in [2.45, 2.75) is 91.3 Å². The van der Waals surface area contributed by atoms with Gasteiger partial charge < -0.3 is 4.74 Å². The largest absolute Gasteiger partial charge is 0.443 e. The van der Waals surface area contributed by atoms with Crippen molar-refractivity contribution in [3.63, 3.8) is 0 Å². The van der Waals surface area contributed by atoms with Crippen LogP contribution in [0, 0.1) is 0 Å². The first-order valence-electron chi connectivity index (χ1n) is 10.5. The minimum Gasteiger partial charge on any atom is -0.443 e. The van der Waals surface area contributed by atoms with Crippen LogP contribution in [0.15, 0.2) is 18.3 Å². The van der Waals surface area contributed by atoms with E-state index in [9.17, 15) is 4.79 Å². The maximum Gasteiger partial charge on any atom is 0.416 e. The van der Waals surface area contributed by atoms with Gasteiger partial charge in [-0.3, -0.25) is 9.80 Å². The molecule has 0 radical (unpaired) electrons. The normalized spacial score (nSPS) is 18.6. The van der Waals surface area contributed by atoms with E-state index in [1.165, 1.54) is 12.8 Å². The topological polar surface area (TPSA) is 45.7 Å². The summed E-state index contributed by atoms with van der Waals surface area (Å²) in [4.78, 5) is 21.9. The van der Waals surface area contributed by atoms with Gasteiger partial charge in [-0.1, -0.05) is 25.8 Å². The lowest BCUT2D eigenvalue weighted by Gasteiger charge is -2.40. The van der Waals surface area contributed by atoms with Crippen molar-refractivity contribution in [3.05, 3.63) is 23.9 Å². The van der Waals surface area contributed by atoms with Gasteiger partial charge in [0.25, 0.3) is 0 Å². The van der Waals surface area contributed by atoms with E-state index in [0.29, 0.717) is 18.6 Å². The molecule has 0 unspecified atom stereocenters. The van der Waals surface area contributed by atoms with Crippen molar-refractivity contribution in [1.82, 2.24) is 9.88 Å². The number of rotatable bonds is 6. The van der Waals surface area contributed by atoms with Gasteiger partial charge in [-0.2, -0.15) is 0 Å². The Morgan fingerprint density at radius 3 is 2.74 bits per heavy atom. The average Bonchev–Trinajstić information content (AvgIpc) is 2.61. The average molecular weight is 376 g/mol. The van der Waals surface area contributed by atoms with Crippen LogP contribution in [0.3, 0.4) is 0 Å². The van der Waals surface area contributed by atoms with Crippen molar-refractivity contribution >= 4 is 11.9 Å². The molecular weight excluding hydrogens is 338 g/mol. The number of piperidine rings is 1. The Balaban J connectivity index is 2.39. The number of carbonyl (C=O) groups is 1. The van der Waals surface area contributed by atoms with Crippen molar-refractivity contribution in [1.29, 1.82) is 0 Å². The monoisotopic (exact) mass is 375 g/mol. The molecular formula is C22H37N3O2. The molecule has 0 N–H and O–H groups in total. The van der Waals surface area contributed by atoms with E-state index in [1.807, 2.05) is 26.8 Å². The molecule has 1 aliphatic rings. The number of pyridine rings is 1. The molecule has 5 nitrogen and oxygen atoms in total. The van der Waals surface area contributed by atoms with Crippen molar-refractivity contribution in [3.8, 4) is 0 Å². The van der Waals surface area contributed by atoms with Crippen LogP contribution in [-0.4, -0.2) is 40.7 Å². The van der Waals surface area contributed by atoms with Crippen LogP contribution >= 0.6 is 0 Å². The van der Waals surface area contributed by atoms with Gasteiger partial charge in [0.2, 0.25) is 0 Å². The SMILES string of the molecule is CCCCN(C(=O)OC(C)(C)C)c1ncccc1[C@@H]1CCCCN1C(C)C. The molecule has 0 aliphatic carbocycles. The third-order valence-corrected chi connectivity index (χ3v) is 4.99. The summed E-state index contributed by atoms with van der Waals surface area (Å²) in [5.74, 6) is 0.762. The summed E-state index contributed by atoms with van der Waals surface area (Å²) in [5, 5.41) is 0. The Kier molecular flexibility index (Phi) is 7.66. The molecule has 0 bridgehead atoms. The number of likely N-dealkylation sites (tertiary alicyclic amines) is 1. The summed E-state index contributed by atoms with van der Waals surface area (Å²) in [5.41, 5.74) is 0.624. The molecule has 152 valence electrons. The van der Waals surface area contributed by atoms with E-state index in [1.54, 1.807) is 11.1 Å². The van der Waals surface area contributed by atoms with Gasteiger partial charge in [0.05, 0.1) is 0 Å². The van der Waals surface area contributed by atoms with Crippen LogP contribution in [-0.2, 0) is 4.74 Å². The Labute approximate surface area is 165 Å². The number of anilines is 1. The van der Waals surface area contributed by atoms with E-state index in [-0.39, 0.29) is 6.09 Å². The Bertz CT molecular complexity index is 610. The predicted octanol–water partition coefficient (Wildman–Crippen LogP) is 5.56. The highest BCUT2D eigenvalue weighted by Crippen LogP contribution is 2.37. The smallest absolute Gasteiger partial charge is 0.416 e. The number of aromatic nitrogens is 1. The standard InChI is InChI=1S/C22H37N3O2/c1-7-8-15-25(21(26)27-22(4,5)6)20-18(12-11-14-23-20)19-13-9-10-16-24(19)17(2)3/h11-12,14,17,19H,7-10,13,15-16H2,1-6H3/t19-/m0/s1. The Morgan fingerprint density at radius 2 is 2.11 bits per heavy atom. The van der Waals surface area contributed by atoms with Gasteiger partial charge >= 0.3 is 6.09 Å². The van der Waals surface area contributed by atoms with Crippen molar-refractivity contribution in [2.75, 3.05) is 18.0 Å². The number of unbranched alkanes of at least 4 members (excludes halogenated alkanes) is 1. The van der Waals surface area contributed by atoms with Crippen LogP contribution < -0.4 is 4.90 Å². The number of carbonyl (C=O) groups excluding carboxylic acids is 1. The number of hydrogen-bond acceptors (Lipinski definition) is 4. The Hall–Kier alpha value is -1.62. The molecule has 5 heteroatoms. The minimum atomic E-state index is -0.523. The van der Waals surface area contributed by atoms with E-state index in [0.717, 1.165) is 37.2 Å². The third kappa shape index (κ3) is 5.93. The molecule has 1 atom stereocenters. The molecule has 1 amide bonds. The van der Waals surface area contributed by atoms with Crippen LogP contribution in [0.25, 0.3) is 0 Å². The van der Waals surface area contributed by atoms with Crippen LogP contribution in [0.4, 0.5) is 10.6 Å². The van der Waals surface area contributed by atoms with Gasteiger partial charge in [-0.25, -0.2) is 9.78 Å². The van der Waals surface area contributed by atoms with Gasteiger partial charge in [0.15, 0.2) is 0 Å². The first-order valence-corrected chi connectivity index (χ1v) is 10.5. The fourth-order valence-electron chi connectivity index (χ4n) is 3.72. The second-order valence-electron chi connectivity index (χ2n) is 8.74. The van der Waals surface area contributed by atoms with Crippen molar-refractivity contribution in [2.24, 2.45) is 0 Å². The first kappa shape index (κ1) is 21.7. The molecule has 0 saturated carbocycles. The summed E-state index contributed by atoms with van der Waals surface area (Å²) in [6, 6.07) is 4.89. The van der Waals surface area contributed by atoms with Gasteiger partial charge in [0, 0.05) is 30.4 Å². The van der Waals surface area contributed by atoms with E-state index in [4.69, 9.17) is 4.74 Å². The molecule has 0 aromatic carbocycles. The highest BCUT2D eigenvalue weighted by atomic mass is 16.6.